The Kier molecular flexibility index (Phi) is 6.54. The van der Waals surface area contributed by atoms with Gasteiger partial charge in [-0.3, -0.25) is 9.59 Å². The van der Waals surface area contributed by atoms with Crippen LogP contribution >= 0.6 is 0 Å². The van der Waals surface area contributed by atoms with Crippen molar-refractivity contribution in [1.29, 1.82) is 5.26 Å². The second kappa shape index (κ2) is 9.11. The lowest BCUT2D eigenvalue weighted by molar-refractivity contribution is -0.121. The molecule has 0 fully saturated rings. The molecule has 0 saturated heterocycles. The number of nitrogens with one attached hydrogen (secondary N) is 2. The first kappa shape index (κ1) is 17.2. The van der Waals surface area contributed by atoms with Gasteiger partial charge in [0.25, 0.3) is 5.91 Å². The maximum atomic E-state index is 11.8. The van der Waals surface area contributed by atoms with E-state index in [9.17, 15) is 9.59 Å². The Morgan fingerprint density at radius 3 is 2.25 bits per heavy atom. The second-order valence-corrected chi connectivity index (χ2v) is 5.28. The molecular weight excluding hydrogens is 302 g/mol. The van der Waals surface area contributed by atoms with Crippen LogP contribution < -0.4 is 10.6 Å². The van der Waals surface area contributed by atoms with Crippen LogP contribution in [0.15, 0.2) is 54.6 Å². The van der Waals surface area contributed by atoms with E-state index in [2.05, 4.69) is 16.7 Å². The van der Waals surface area contributed by atoms with Crippen molar-refractivity contribution in [3.8, 4) is 6.07 Å². The lowest BCUT2D eigenvalue weighted by atomic mass is 10.1. The monoisotopic (exact) mass is 321 g/mol. The van der Waals surface area contributed by atoms with E-state index >= 15 is 0 Å². The summed E-state index contributed by atoms with van der Waals surface area (Å²) in [4.78, 5) is 23.6. The fourth-order valence-corrected chi connectivity index (χ4v) is 2.16. The van der Waals surface area contributed by atoms with Crippen LogP contribution in [0.2, 0.25) is 0 Å². The van der Waals surface area contributed by atoms with Crippen LogP contribution in [-0.2, 0) is 11.2 Å². The Morgan fingerprint density at radius 2 is 1.58 bits per heavy atom. The zero-order valence-corrected chi connectivity index (χ0v) is 13.3. The second-order valence-electron chi connectivity index (χ2n) is 5.28. The Labute approximate surface area is 141 Å². The maximum absolute atomic E-state index is 11.8. The van der Waals surface area contributed by atoms with Gasteiger partial charge in [-0.1, -0.05) is 30.3 Å². The zero-order valence-electron chi connectivity index (χ0n) is 13.3. The van der Waals surface area contributed by atoms with Crippen molar-refractivity contribution in [2.24, 2.45) is 0 Å². The molecule has 2 rings (SSSR count). The van der Waals surface area contributed by atoms with Gasteiger partial charge in [-0.25, -0.2) is 0 Å². The van der Waals surface area contributed by atoms with E-state index in [4.69, 9.17) is 5.26 Å². The van der Waals surface area contributed by atoms with Crippen LogP contribution in [0, 0.1) is 11.3 Å². The third-order valence-electron chi connectivity index (χ3n) is 3.49. The number of benzene rings is 2. The van der Waals surface area contributed by atoms with E-state index in [1.54, 1.807) is 36.4 Å². The smallest absolute Gasteiger partial charge is 0.251 e. The van der Waals surface area contributed by atoms with Crippen molar-refractivity contribution >= 4 is 11.8 Å². The summed E-state index contributed by atoms with van der Waals surface area (Å²) in [5.41, 5.74) is 2.23. The number of amides is 2. The lowest BCUT2D eigenvalue weighted by Gasteiger charge is -2.07. The van der Waals surface area contributed by atoms with Gasteiger partial charge in [-0.15, -0.1) is 0 Å². The average molecular weight is 321 g/mol. The average Bonchev–Trinajstić information content (AvgIpc) is 2.64. The summed E-state index contributed by atoms with van der Waals surface area (Å²) in [6.45, 7) is 0.779. The summed E-state index contributed by atoms with van der Waals surface area (Å²) < 4.78 is 0. The Balaban J connectivity index is 1.63. The van der Waals surface area contributed by atoms with Gasteiger partial charge in [0.15, 0.2) is 0 Å². The quantitative estimate of drug-likeness (QED) is 0.766. The fourth-order valence-electron chi connectivity index (χ4n) is 2.16. The summed E-state index contributed by atoms with van der Waals surface area (Å²) in [6.07, 6.45) is 0.993. The molecule has 0 heterocycles. The largest absolute Gasteiger partial charge is 0.354 e. The van der Waals surface area contributed by atoms with E-state index in [0.717, 1.165) is 5.56 Å². The first-order valence-corrected chi connectivity index (χ1v) is 7.78. The van der Waals surface area contributed by atoms with E-state index in [-0.39, 0.29) is 11.8 Å². The summed E-state index contributed by atoms with van der Waals surface area (Å²) in [5.74, 6) is -0.212. The van der Waals surface area contributed by atoms with Crippen LogP contribution in [0.25, 0.3) is 0 Å². The molecule has 0 spiro atoms. The van der Waals surface area contributed by atoms with Gasteiger partial charge >= 0.3 is 0 Å². The topological polar surface area (TPSA) is 82.0 Å². The van der Waals surface area contributed by atoms with Crippen molar-refractivity contribution in [2.45, 2.75) is 12.8 Å². The van der Waals surface area contributed by atoms with Crippen LogP contribution in [0.4, 0.5) is 0 Å². The number of nitrogens with zero attached hydrogens (tertiary/aromatic N) is 1. The number of rotatable bonds is 7. The molecule has 122 valence electrons. The number of aryl methyl sites for hydroxylation is 1. The minimum absolute atomic E-state index is 0.0617. The lowest BCUT2D eigenvalue weighted by Crippen LogP contribution is -2.34. The number of carbonyl (C=O) groups excluding carboxylic acids is 2. The third-order valence-corrected chi connectivity index (χ3v) is 3.49. The molecule has 0 aromatic heterocycles. The van der Waals surface area contributed by atoms with Crippen molar-refractivity contribution in [1.82, 2.24) is 10.6 Å². The minimum atomic E-state index is -0.151. The van der Waals surface area contributed by atoms with Crippen LogP contribution in [-0.4, -0.2) is 24.9 Å². The van der Waals surface area contributed by atoms with Gasteiger partial charge in [0.1, 0.15) is 0 Å². The Hall–Kier alpha value is -3.13. The highest BCUT2D eigenvalue weighted by atomic mass is 16.2. The standard InChI is InChI=1S/C19H19N3O2/c20-14-16-8-6-15(7-9-16)10-11-18(23)21-12-13-22-19(24)17-4-2-1-3-5-17/h1-9H,10-13H2,(H,21,23)(H,22,24). The molecule has 0 aliphatic rings. The van der Waals surface area contributed by atoms with Crippen LogP contribution in [0.1, 0.15) is 27.9 Å². The van der Waals surface area contributed by atoms with E-state index < -0.39 is 0 Å². The minimum Gasteiger partial charge on any atom is -0.354 e. The summed E-state index contributed by atoms with van der Waals surface area (Å²) >= 11 is 0. The molecule has 2 amide bonds. The molecule has 2 aromatic carbocycles. The normalized spacial score (nSPS) is 9.79. The van der Waals surface area contributed by atoms with Crippen LogP contribution in [0.5, 0.6) is 0 Å². The first-order valence-electron chi connectivity index (χ1n) is 7.78. The summed E-state index contributed by atoms with van der Waals surface area (Å²) in [7, 11) is 0. The molecule has 0 aliphatic heterocycles. The third kappa shape index (κ3) is 5.58. The summed E-state index contributed by atoms with van der Waals surface area (Å²) in [6, 6.07) is 18.2. The van der Waals surface area contributed by atoms with Gasteiger partial charge in [0, 0.05) is 25.1 Å². The van der Waals surface area contributed by atoms with Gasteiger partial charge in [-0.05, 0) is 36.2 Å². The van der Waals surface area contributed by atoms with Crippen molar-refractivity contribution < 1.29 is 9.59 Å². The predicted molar refractivity (Wildman–Crippen MR) is 91.3 cm³/mol. The highest BCUT2D eigenvalue weighted by Crippen LogP contribution is 2.05. The SMILES string of the molecule is N#Cc1ccc(CCC(=O)NCCNC(=O)c2ccccc2)cc1. The van der Waals surface area contributed by atoms with Crippen molar-refractivity contribution in [3.05, 3.63) is 71.3 Å². The van der Waals surface area contributed by atoms with Crippen LogP contribution in [0.3, 0.4) is 0 Å². The van der Waals surface area contributed by atoms with E-state index in [1.807, 2.05) is 18.2 Å². The molecule has 0 radical (unpaired) electrons. The molecule has 0 aliphatic carbocycles. The van der Waals surface area contributed by atoms with Crippen molar-refractivity contribution in [2.75, 3.05) is 13.1 Å². The fraction of sp³-hybridized carbons (Fsp3) is 0.211. The van der Waals surface area contributed by atoms with Gasteiger partial charge in [0.05, 0.1) is 11.6 Å². The first-order chi connectivity index (χ1) is 11.7. The molecule has 24 heavy (non-hydrogen) atoms. The van der Waals surface area contributed by atoms with E-state index in [1.165, 1.54) is 0 Å². The molecular formula is C19H19N3O2. The maximum Gasteiger partial charge on any atom is 0.251 e. The van der Waals surface area contributed by atoms with Gasteiger partial charge in [-0.2, -0.15) is 5.26 Å². The molecule has 0 atom stereocenters. The Bertz CT molecular complexity index is 719. The number of nitriles is 1. The molecule has 5 nitrogen and oxygen atoms in total. The highest BCUT2D eigenvalue weighted by molar-refractivity contribution is 5.94. The number of hydrogen-bond acceptors (Lipinski definition) is 3. The molecule has 2 aromatic rings. The molecule has 0 saturated carbocycles. The summed E-state index contributed by atoms with van der Waals surface area (Å²) in [5, 5.41) is 14.3. The number of hydrogen-bond donors (Lipinski definition) is 2. The zero-order chi connectivity index (χ0) is 17.2. The molecule has 0 unspecified atom stereocenters. The Morgan fingerprint density at radius 1 is 0.917 bits per heavy atom. The highest BCUT2D eigenvalue weighted by Gasteiger charge is 2.05. The van der Waals surface area contributed by atoms with Crippen molar-refractivity contribution in [3.63, 3.8) is 0 Å². The molecule has 0 bridgehead atoms. The van der Waals surface area contributed by atoms with Gasteiger partial charge < -0.3 is 10.6 Å². The predicted octanol–water partition coefficient (Wildman–Crippen LogP) is 2.04. The van der Waals surface area contributed by atoms with Gasteiger partial charge in [0.2, 0.25) is 5.91 Å². The molecule has 2 N–H and O–H groups in total. The molecule has 5 heteroatoms. The van der Waals surface area contributed by atoms with E-state index in [0.29, 0.717) is 37.1 Å². The number of carbonyl (C=O) groups is 2.